The van der Waals surface area contributed by atoms with Crippen LogP contribution in [0, 0.1) is 0 Å². The summed E-state index contributed by atoms with van der Waals surface area (Å²) in [6.45, 7) is -0.308. The summed E-state index contributed by atoms with van der Waals surface area (Å²) in [5.41, 5.74) is 0.781. The van der Waals surface area contributed by atoms with E-state index in [1.165, 1.54) is 11.8 Å². The molecule has 2 rings (SSSR count). The Morgan fingerprint density at radius 1 is 1.00 bits per heavy atom. The van der Waals surface area contributed by atoms with Crippen LogP contribution in [0.25, 0.3) is 0 Å². The van der Waals surface area contributed by atoms with Crippen molar-refractivity contribution in [2.75, 3.05) is 19.1 Å². The third-order valence-corrected chi connectivity index (χ3v) is 4.94. The highest BCUT2D eigenvalue weighted by atomic mass is 35.5. The molecule has 23 heavy (non-hydrogen) atoms. The molecule has 0 atom stereocenters. The Labute approximate surface area is 148 Å². The second kappa shape index (κ2) is 8.43. The lowest BCUT2D eigenvalue weighted by molar-refractivity contribution is 0.0474. The topological polar surface area (TPSA) is 43.4 Å². The van der Waals surface area contributed by atoms with Crippen LogP contribution < -0.4 is 0 Å². The van der Waals surface area contributed by atoms with Gasteiger partial charge in [-0.1, -0.05) is 23.7 Å². The lowest BCUT2D eigenvalue weighted by Crippen LogP contribution is -2.14. The molecule has 0 amide bonds. The molecule has 0 spiro atoms. The Morgan fingerprint density at radius 2 is 1.61 bits per heavy atom. The largest absolute Gasteiger partial charge is 0.454 e. The molecule has 2 aromatic carbocycles. The summed E-state index contributed by atoms with van der Waals surface area (Å²) in [6.07, 6.45) is 3.87. The average Bonchev–Trinajstić information content (AvgIpc) is 2.59. The van der Waals surface area contributed by atoms with E-state index in [2.05, 4.69) is 0 Å². The number of halogens is 1. The second-order valence-corrected chi connectivity index (χ2v) is 6.74. The monoisotopic (exact) mass is 366 g/mol. The zero-order valence-electron chi connectivity index (χ0n) is 12.7. The number of carbonyl (C=O) groups is 2. The Bertz CT molecular complexity index is 714. The molecule has 3 nitrogen and oxygen atoms in total. The van der Waals surface area contributed by atoms with Gasteiger partial charge in [0.15, 0.2) is 12.4 Å². The fourth-order valence-corrected chi connectivity index (χ4v) is 2.90. The van der Waals surface area contributed by atoms with Gasteiger partial charge in [0, 0.05) is 15.4 Å². The summed E-state index contributed by atoms with van der Waals surface area (Å²) in [6, 6.07) is 12.3. The van der Waals surface area contributed by atoms with Gasteiger partial charge in [0.25, 0.3) is 0 Å². The minimum absolute atomic E-state index is 0.247. The number of Topliss-reactive ketones (excluding diaryl/α,β-unsaturated/α-hetero) is 1. The van der Waals surface area contributed by atoms with Crippen LogP contribution in [-0.4, -0.2) is 30.9 Å². The maximum atomic E-state index is 12.1. The van der Waals surface area contributed by atoms with Crippen molar-refractivity contribution in [1.29, 1.82) is 0 Å². The Kier molecular flexibility index (Phi) is 6.57. The molecular formula is C17H15ClO3S2. The molecule has 0 saturated heterocycles. The van der Waals surface area contributed by atoms with Gasteiger partial charge in [0.2, 0.25) is 0 Å². The van der Waals surface area contributed by atoms with Gasteiger partial charge in [0.05, 0.1) is 10.6 Å². The highest BCUT2D eigenvalue weighted by molar-refractivity contribution is 7.98. The Morgan fingerprint density at radius 3 is 2.22 bits per heavy atom. The van der Waals surface area contributed by atoms with Gasteiger partial charge in [-0.2, -0.15) is 0 Å². The second-order valence-electron chi connectivity index (χ2n) is 4.57. The minimum Gasteiger partial charge on any atom is -0.454 e. The predicted octanol–water partition coefficient (Wildman–Crippen LogP) is 4.82. The third-order valence-electron chi connectivity index (χ3n) is 3.14. The van der Waals surface area contributed by atoms with Gasteiger partial charge in [0.1, 0.15) is 0 Å². The quantitative estimate of drug-likeness (QED) is 0.416. The summed E-state index contributed by atoms with van der Waals surface area (Å²) >= 11 is 9.11. The normalized spacial score (nSPS) is 10.4. The van der Waals surface area contributed by atoms with Gasteiger partial charge in [-0.05, 0) is 42.8 Å². The molecule has 0 aliphatic heterocycles. The molecule has 0 bridgehead atoms. The molecule has 0 radical (unpaired) electrons. The van der Waals surface area contributed by atoms with Gasteiger partial charge in [-0.15, -0.1) is 23.5 Å². The molecular weight excluding hydrogens is 352 g/mol. The van der Waals surface area contributed by atoms with Gasteiger partial charge in [-0.25, -0.2) is 4.79 Å². The van der Waals surface area contributed by atoms with Crippen molar-refractivity contribution in [1.82, 2.24) is 0 Å². The molecule has 2 aromatic rings. The van der Waals surface area contributed by atoms with Crippen molar-refractivity contribution in [2.24, 2.45) is 0 Å². The van der Waals surface area contributed by atoms with E-state index in [1.54, 1.807) is 36.0 Å². The number of benzene rings is 2. The van der Waals surface area contributed by atoms with Crippen molar-refractivity contribution in [2.45, 2.75) is 9.79 Å². The minimum atomic E-state index is -0.597. The molecule has 0 heterocycles. The van der Waals surface area contributed by atoms with Crippen molar-refractivity contribution < 1.29 is 14.3 Å². The molecule has 0 fully saturated rings. The fourth-order valence-electron chi connectivity index (χ4n) is 1.86. The van der Waals surface area contributed by atoms with Crippen molar-refractivity contribution in [3.63, 3.8) is 0 Å². The van der Waals surface area contributed by atoms with Crippen molar-refractivity contribution in [3.8, 4) is 0 Å². The average molecular weight is 367 g/mol. The number of carbonyl (C=O) groups excluding carboxylic acids is 2. The predicted molar refractivity (Wildman–Crippen MR) is 96.1 cm³/mol. The first-order valence-electron chi connectivity index (χ1n) is 6.73. The highest BCUT2D eigenvalue weighted by Gasteiger charge is 2.15. The molecule has 0 unspecified atom stereocenters. The van der Waals surface area contributed by atoms with Crippen LogP contribution in [0.2, 0.25) is 5.02 Å². The van der Waals surface area contributed by atoms with Crippen LogP contribution in [0.3, 0.4) is 0 Å². The van der Waals surface area contributed by atoms with Crippen molar-refractivity contribution >= 4 is 46.9 Å². The van der Waals surface area contributed by atoms with E-state index in [4.69, 9.17) is 16.3 Å². The number of ketones is 1. The third kappa shape index (κ3) is 4.77. The number of thioether (sulfide) groups is 2. The van der Waals surface area contributed by atoms with E-state index in [0.717, 1.165) is 9.79 Å². The summed E-state index contributed by atoms with van der Waals surface area (Å²) in [4.78, 5) is 26.1. The van der Waals surface area contributed by atoms with Crippen LogP contribution in [0.4, 0.5) is 0 Å². The summed E-state index contributed by atoms with van der Waals surface area (Å²) < 4.78 is 5.09. The summed E-state index contributed by atoms with van der Waals surface area (Å²) in [5.74, 6) is -0.844. The molecule has 0 aromatic heterocycles. The van der Waals surface area contributed by atoms with Gasteiger partial charge < -0.3 is 4.74 Å². The smallest absolute Gasteiger partial charge is 0.340 e. The number of hydrogen-bond acceptors (Lipinski definition) is 5. The highest BCUT2D eigenvalue weighted by Crippen LogP contribution is 2.23. The van der Waals surface area contributed by atoms with Crippen molar-refractivity contribution in [3.05, 3.63) is 58.6 Å². The molecule has 0 aliphatic carbocycles. The van der Waals surface area contributed by atoms with Gasteiger partial charge >= 0.3 is 5.97 Å². The zero-order valence-corrected chi connectivity index (χ0v) is 15.1. The first-order chi connectivity index (χ1) is 11.0. The fraction of sp³-hybridized carbons (Fsp3) is 0.176. The lowest BCUT2D eigenvalue weighted by atomic mass is 10.1. The van der Waals surface area contributed by atoms with Crippen LogP contribution >= 0.6 is 35.1 Å². The summed E-state index contributed by atoms with van der Waals surface area (Å²) in [5, 5.41) is 0.310. The molecule has 0 N–H and O–H groups in total. The van der Waals surface area contributed by atoms with E-state index in [1.807, 2.05) is 30.7 Å². The molecule has 0 saturated carbocycles. The SMILES string of the molecule is CSc1ccc(C(=O)COC(=O)c2cc(SC)ccc2Cl)cc1. The number of hydrogen-bond donors (Lipinski definition) is 0. The van der Waals surface area contributed by atoms with Crippen LogP contribution in [0.1, 0.15) is 20.7 Å². The Balaban J connectivity index is 2.02. The van der Waals surface area contributed by atoms with E-state index in [-0.39, 0.29) is 18.0 Å². The zero-order chi connectivity index (χ0) is 16.8. The number of esters is 1. The molecule has 0 aliphatic rings. The van der Waals surface area contributed by atoms with Crippen LogP contribution in [0.15, 0.2) is 52.3 Å². The maximum Gasteiger partial charge on any atom is 0.340 e. The van der Waals surface area contributed by atoms with E-state index < -0.39 is 5.97 Å². The van der Waals surface area contributed by atoms with Crippen LogP contribution in [-0.2, 0) is 4.74 Å². The maximum absolute atomic E-state index is 12.1. The lowest BCUT2D eigenvalue weighted by Gasteiger charge is -2.07. The van der Waals surface area contributed by atoms with E-state index in [0.29, 0.717) is 10.6 Å². The first-order valence-corrected chi connectivity index (χ1v) is 9.56. The van der Waals surface area contributed by atoms with Gasteiger partial charge in [-0.3, -0.25) is 4.79 Å². The first kappa shape index (κ1) is 17.9. The van der Waals surface area contributed by atoms with E-state index >= 15 is 0 Å². The standard InChI is InChI=1S/C17H15ClO3S2/c1-22-12-5-3-11(4-6-12)16(19)10-21-17(20)14-9-13(23-2)7-8-15(14)18/h3-9H,10H2,1-2H3. The van der Waals surface area contributed by atoms with Crippen LogP contribution in [0.5, 0.6) is 0 Å². The summed E-state index contributed by atoms with van der Waals surface area (Å²) in [7, 11) is 0. The number of rotatable bonds is 6. The molecule has 6 heteroatoms. The molecule has 120 valence electrons. The van der Waals surface area contributed by atoms with E-state index in [9.17, 15) is 9.59 Å². The Hall–Kier alpha value is -1.43. The number of ether oxygens (including phenoxy) is 1.